The van der Waals surface area contributed by atoms with Crippen LogP contribution in [0.15, 0.2) is 53.4 Å². The minimum atomic E-state index is -4.23. The number of carbonyl (C=O) groups excluding carboxylic acids is 1. The maximum absolute atomic E-state index is 14.0. The number of likely N-dealkylation sites (N-methyl/N-ethyl adjacent to an activating group) is 1. The molecule has 7 nitrogen and oxygen atoms in total. The number of para-hydroxylation sites is 1. The monoisotopic (exact) mass is 444 g/mol. The van der Waals surface area contributed by atoms with Crippen LogP contribution in [0, 0.1) is 18.7 Å². The molecule has 1 amide bonds. The Morgan fingerprint density at radius 1 is 1.10 bits per heavy atom. The highest BCUT2D eigenvalue weighted by Crippen LogP contribution is 2.18. The van der Waals surface area contributed by atoms with Gasteiger partial charge in [0.05, 0.1) is 12.1 Å². The van der Waals surface area contributed by atoms with Crippen molar-refractivity contribution in [3.8, 4) is 0 Å². The smallest absolute Gasteiger partial charge is 0.244 e. The molecule has 1 heterocycles. The topological polar surface area (TPSA) is 92.3 Å². The fourth-order valence-corrected chi connectivity index (χ4v) is 4.67. The summed E-state index contributed by atoms with van der Waals surface area (Å²) in [5.74, 6) is -1.25. The molecule has 0 aliphatic carbocycles. The van der Waals surface area contributed by atoms with E-state index in [1.54, 1.807) is 20.9 Å². The zero-order chi connectivity index (χ0) is 22.8. The van der Waals surface area contributed by atoms with Gasteiger partial charge >= 0.3 is 0 Å². The van der Waals surface area contributed by atoms with Gasteiger partial charge in [-0.25, -0.2) is 22.8 Å². The predicted octanol–water partition coefficient (Wildman–Crippen LogP) is 3.04. The number of amides is 1. The van der Waals surface area contributed by atoms with Gasteiger partial charge < -0.3 is 4.90 Å². The maximum Gasteiger partial charge on any atom is 0.244 e. The number of fused-ring (bicyclic) bond motifs is 1. The molecule has 0 spiro atoms. The van der Waals surface area contributed by atoms with Crippen molar-refractivity contribution in [3.05, 3.63) is 65.9 Å². The zero-order valence-corrected chi connectivity index (χ0v) is 18.6. The highest BCUT2D eigenvalue weighted by molar-refractivity contribution is 7.89. The summed E-state index contributed by atoms with van der Waals surface area (Å²) in [4.78, 5) is 22.9. The molecular formula is C22H25FN4O3S. The first kappa shape index (κ1) is 22.8. The second-order valence-electron chi connectivity index (χ2n) is 7.71. The Kier molecular flexibility index (Phi) is 6.66. The number of hydrogen-bond acceptors (Lipinski definition) is 5. The van der Waals surface area contributed by atoms with E-state index in [4.69, 9.17) is 0 Å². The average Bonchev–Trinajstić information content (AvgIpc) is 2.71. The fourth-order valence-electron chi connectivity index (χ4n) is 3.26. The number of rotatable bonds is 7. The van der Waals surface area contributed by atoms with Crippen molar-refractivity contribution in [1.29, 1.82) is 0 Å². The van der Waals surface area contributed by atoms with Crippen LogP contribution < -0.4 is 4.72 Å². The number of carbonyl (C=O) groups is 1. The Morgan fingerprint density at radius 3 is 2.42 bits per heavy atom. The molecule has 2 aromatic carbocycles. The Balaban J connectivity index is 1.82. The first-order valence-corrected chi connectivity index (χ1v) is 11.3. The van der Waals surface area contributed by atoms with Crippen LogP contribution in [0.2, 0.25) is 0 Å². The van der Waals surface area contributed by atoms with Gasteiger partial charge in [-0.05, 0) is 31.0 Å². The lowest BCUT2D eigenvalue weighted by molar-refractivity contribution is -0.133. The van der Waals surface area contributed by atoms with Crippen molar-refractivity contribution in [2.24, 2.45) is 5.92 Å². The number of aryl methyl sites for hydroxylation is 1. The lowest BCUT2D eigenvalue weighted by Gasteiger charge is -2.26. The Hall–Kier alpha value is -2.91. The summed E-state index contributed by atoms with van der Waals surface area (Å²) in [5.41, 5.74) is 1.56. The van der Waals surface area contributed by atoms with Gasteiger partial charge in [0.15, 0.2) is 0 Å². The maximum atomic E-state index is 14.0. The molecule has 0 radical (unpaired) electrons. The summed E-state index contributed by atoms with van der Waals surface area (Å²) in [6.45, 7) is 5.41. The number of benzene rings is 2. The normalized spacial score (nSPS) is 12.8. The number of nitrogens with zero attached hydrogens (tertiary/aromatic N) is 3. The van der Waals surface area contributed by atoms with E-state index in [0.29, 0.717) is 5.82 Å². The van der Waals surface area contributed by atoms with Crippen molar-refractivity contribution in [2.45, 2.75) is 38.3 Å². The number of sulfonamides is 1. The van der Waals surface area contributed by atoms with Crippen LogP contribution in [0.1, 0.15) is 25.4 Å². The van der Waals surface area contributed by atoms with E-state index in [1.165, 1.54) is 17.0 Å². The lowest BCUT2D eigenvalue weighted by Crippen LogP contribution is -2.50. The van der Waals surface area contributed by atoms with E-state index in [-0.39, 0.29) is 12.5 Å². The van der Waals surface area contributed by atoms with E-state index >= 15 is 0 Å². The molecule has 0 fully saturated rings. The van der Waals surface area contributed by atoms with Crippen molar-refractivity contribution >= 4 is 26.8 Å². The molecule has 0 bridgehead atoms. The number of aromatic nitrogens is 2. The highest BCUT2D eigenvalue weighted by atomic mass is 32.2. The van der Waals surface area contributed by atoms with Crippen LogP contribution >= 0.6 is 0 Å². The van der Waals surface area contributed by atoms with Gasteiger partial charge in [-0.1, -0.05) is 44.2 Å². The molecular weight excluding hydrogens is 419 g/mol. The van der Waals surface area contributed by atoms with Crippen LogP contribution in [0.25, 0.3) is 10.9 Å². The van der Waals surface area contributed by atoms with Crippen LogP contribution in [-0.2, 0) is 21.4 Å². The second kappa shape index (κ2) is 9.07. The SMILES string of the molecule is Cc1nc(CN(C)C(=O)[C@@H](NS(=O)(=O)c2ccccc2F)C(C)C)nc2ccccc12. The summed E-state index contributed by atoms with van der Waals surface area (Å²) < 4.78 is 41.8. The quantitative estimate of drug-likeness (QED) is 0.605. The van der Waals surface area contributed by atoms with Crippen molar-refractivity contribution in [3.63, 3.8) is 0 Å². The van der Waals surface area contributed by atoms with Gasteiger partial charge in [0, 0.05) is 18.1 Å². The van der Waals surface area contributed by atoms with Gasteiger partial charge in [0.25, 0.3) is 0 Å². The van der Waals surface area contributed by atoms with Gasteiger partial charge in [-0.15, -0.1) is 0 Å². The summed E-state index contributed by atoms with van der Waals surface area (Å²) in [6.07, 6.45) is 0. The zero-order valence-electron chi connectivity index (χ0n) is 17.8. The molecule has 1 N–H and O–H groups in total. The van der Waals surface area contributed by atoms with E-state index in [1.807, 2.05) is 31.2 Å². The molecule has 1 aromatic heterocycles. The van der Waals surface area contributed by atoms with E-state index in [2.05, 4.69) is 14.7 Å². The lowest BCUT2D eigenvalue weighted by atomic mass is 10.0. The van der Waals surface area contributed by atoms with Crippen LogP contribution in [0.3, 0.4) is 0 Å². The van der Waals surface area contributed by atoms with Crippen molar-refractivity contribution in [2.75, 3.05) is 7.05 Å². The fraction of sp³-hybridized carbons (Fsp3) is 0.318. The van der Waals surface area contributed by atoms with Gasteiger partial charge in [0.2, 0.25) is 15.9 Å². The third kappa shape index (κ3) is 5.05. The van der Waals surface area contributed by atoms with Gasteiger partial charge in [-0.2, -0.15) is 4.72 Å². The molecule has 31 heavy (non-hydrogen) atoms. The van der Waals surface area contributed by atoms with Crippen LogP contribution in [0.5, 0.6) is 0 Å². The van der Waals surface area contributed by atoms with Gasteiger partial charge in [0.1, 0.15) is 22.6 Å². The third-order valence-electron chi connectivity index (χ3n) is 4.94. The van der Waals surface area contributed by atoms with E-state index in [0.717, 1.165) is 28.7 Å². The molecule has 0 aliphatic rings. The minimum Gasteiger partial charge on any atom is -0.337 e. The molecule has 0 aliphatic heterocycles. The molecule has 0 saturated carbocycles. The number of hydrogen-bond donors (Lipinski definition) is 1. The molecule has 0 unspecified atom stereocenters. The van der Waals surface area contributed by atoms with E-state index < -0.39 is 32.7 Å². The second-order valence-corrected chi connectivity index (χ2v) is 9.39. The summed E-state index contributed by atoms with van der Waals surface area (Å²) in [6, 6.07) is 11.6. The molecule has 0 saturated heterocycles. The summed E-state index contributed by atoms with van der Waals surface area (Å²) >= 11 is 0. The average molecular weight is 445 g/mol. The van der Waals surface area contributed by atoms with Crippen LogP contribution in [-0.4, -0.2) is 42.3 Å². The summed E-state index contributed by atoms with van der Waals surface area (Å²) in [5, 5.41) is 0.929. The predicted molar refractivity (Wildman–Crippen MR) is 116 cm³/mol. The molecule has 3 rings (SSSR count). The molecule has 164 valence electrons. The Bertz CT molecular complexity index is 1210. The van der Waals surface area contributed by atoms with Crippen molar-refractivity contribution in [1.82, 2.24) is 19.6 Å². The summed E-state index contributed by atoms with van der Waals surface area (Å²) in [7, 11) is -2.67. The van der Waals surface area contributed by atoms with Gasteiger partial charge in [-0.3, -0.25) is 4.79 Å². The standard InChI is InChI=1S/C22H25FN4O3S/c1-14(2)21(26-31(29,30)19-12-8-6-10-17(19)23)22(28)27(4)13-20-24-15(3)16-9-5-7-11-18(16)25-20/h5-12,14,21,26H,13H2,1-4H3/t21-/m0/s1. The van der Waals surface area contributed by atoms with Crippen molar-refractivity contribution < 1.29 is 17.6 Å². The van der Waals surface area contributed by atoms with E-state index in [9.17, 15) is 17.6 Å². The molecule has 3 aromatic rings. The third-order valence-corrected chi connectivity index (χ3v) is 6.41. The Labute approximate surface area is 181 Å². The number of halogens is 1. The molecule has 9 heteroatoms. The Morgan fingerprint density at radius 2 is 1.74 bits per heavy atom. The first-order chi connectivity index (χ1) is 14.6. The minimum absolute atomic E-state index is 0.106. The highest BCUT2D eigenvalue weighted by Gasteiger charge is 2.32. The largest absolute Gasteiger partial charge is 0.337 e. The van der Waals surface area contributed by atoms with Crippen LogP contribution in [0.4, 0.5) is 4.39 Å². The molecule has 1 atom stereocenters. The number of nitrogens with one attached hydrogen (secondary N) is 1. The first-order valence-electron chi connectivity index (χ1n) is 9.84.